The minimum Gasteiger partial charge on any atom is -0.299 e. The lowest BCUT2D eigenvalue weighted by atomic mass is 10.2. The van der Waals surface area contributed by atoms with Crippen molar-refractivity contribution in [1.82, 2.24) is 9.21 Å². The van der Waals surface area contributed by atoms with Crippen LogP contribution in [0.3, 0.4) is 0 Å². The lowest BCUT2D eigenvalue weighted by Crippen LogP contribution is -2.49. The molecule has 1 fully saturated rings. The zero-order valence-electron chi connectivity index (χ0n) is 12.5. The topological polar surface area (TPSA) is 64.4 Å². The van der Waals surface area contributed by atoms with E-state index in [0.29, 0.717) is 37.6 Å². The average Bonchev–Trinajstić information content (AvgIpc) is 2.48. The molecule has 0 amide bonds. The standard InChI is InChI=1S/C15H21N3O2S/c1-13-3-5-15(6-4-13)21(19,20)18-9-7-17(8-10-18)12-14(2)11-16/h3-6,14H,7-10,12H2,1-2H3/t14-/m0/s1. The summed E-state index contributed by atoms with van der Waals surface area (Å²) in [5.74, 6) is -0.0229. The number of nitrogens with zero attached hydrogens (tertiary/aromatic N) is 3. The first-order valence-electron chi connectivity index (χ1n) is 7.12. The number of hydrogen-bond acceptors (Lipinski definition) is 4. The van der Waals surface area contributed by atoms with Crippen molar-refractivity contribution in [3.05, 3.63) is 29.8 Å². The van der Waals surface area contributed by atoms with Gasteiger partial charge in [-0.25, -0.2) is 8.42 Å². The highest BCUT2D eigenvalue weighted by molar-refractivity contribution is 7.89. The monoisotopic (exact) mass is 307 g/mol. The maximum atomic E-state index is 12.5. The predicted octanol–water partition coefficient (Wildman–Crippen LogP) is 1.46. The Balaban J connectivity index is 2.01. The zero-order chi connectivity index (χ0) is 15.5. The summed E-state index contributed by atoms with van der Waals surface area (Å²) in [7, 11) is -3.39. The number of piperazine rings is 1. The van der Waals surface area contributed by atoms with Gasteiger partial charge < -0.3 is 0 Å². The van der Waals surface area contributed by atoms with E-state index < -0.39 is 10.0 Å². The third-order valence-electron chi connectivity index (χ3n) is 3.74. The van der Waals surface area contributed by atoms with Crippen LogP contribution in [0.5, 0.6) is 0 Å². The van der Waals surface area contributed by atoms with Crippen LogP contribution in [0.2, 0.25) is 0 Å². The summed E-state index contributed by atoms with van der Waals surface area (Å²) in [6.45, 7) is 6.84. The Kier molecular flexibility index (Phi) is 4.99. The molecule has 0 aromatic heterocycles. The molecule has 6 heteroatoms. The molecule has 0 radical (unpaired) electrons. The molecule has 0 aliphatic carbocycles. The SMILES string of the molecule is Cc1ccc(S(=O)(=O)N2CCN(C[C@@H](C)C#N)CC2)cc1. The number of sulfonamides is 1. The zero-order valence-corrected chi connectivity index (χ0v) is 13.3. The van der Waals surface area contributed by atoms with E-state index in [-0.39, 0.29) is 5.92 Å². The van der Waals surface area contributed by atoms with Crippen molar-refractivity contribution < 1.29 is 8.42 Å². The van der Waals surface area contributed by atoms with Crippen molar-refractivity contribution in [1.29, 1.82) is 5.26 Å². The third-order valence-corrected chi connectivity index (χ3v) is 5.66. The van der Waals surface area contributed by atoms with E-state index in [4.69, 9.17) is 5.26 Å². The first-order valence-corrected chi connectivity index (χ1v) is 8.56. The maximum absolute atomic E-state index is 12.5. The van der Waals surface area contributed by atoms with Gasteiger partial charge in [0.1, 0.15) is 0 Å². The van der Waals surface area contributed by atoms with Crippen molar-refractivity contribution in [2.24, 2.45) is 5.92 Å². The second-order valence-corrected chi connectivity index (χ2v) is 7.49. The molecule has 0 saturated carbocycles. The van der Waals surface area contributed by atoms with Crippen LogP contribution < -0.4 is 0 Å². The summed E-state index contributed by atoms with van der Waals surface area (Å²) in [5, 5.41) is 8.83. The van der Waals surface area contributed by atoms with Gasteiger partial charge in [-0.05, 0) is 26.0 Å². The van der Waals surface area contributed by atoms with E-state index in [2.05, 4.69) is 11.0 Å². The Morgan fingerprint density at radius 3 is 2.29 bits per heavy atom. The molecule has 114 valence electrons. The second-order valence-electron chi connectivity index (χ2n) is 5.55. The summed E-state index contributed by atoms with van der Waals surface area (Å²) in [6.07, 6.45) is 0. The summed E-state index contributed by atoms with van der Waals surface area (Å²) in [4.78, 5) is 2.50. The number of nitriles is 1. The Morgan fingerprint density at radius 2 is 1.76 bits per heavy atom. The first kappa shape index (κ1) is 16.0. The van der Waals surface area contributed by atoms with Crippen molar-refractivity contribution >= 4 is 10.0 Å². The predicted molar refractivity (Wildman–Crippen MR) is 81.2 cm³/mol. The van der Waals surface area contributed by atoms with Crippen LogP contribution in [-0.4, -0.2) is 50.3 Å². The molecule has 0 N–H and O–H groups in total. The molecular weight excluding hydrogens is 286 g/mol. The average molecular weight is 307 g/mol. The quantitative estimate of drug-likeness (QED) is 0.845. The minimum absolute atomic E-state index is 0.0229. The minimum atomic E-state index is -3.39. The highest BCUT2D eigenvalue weighted by Gasteiger charge is 2.28. The highest BCUT2D eigenvalue weighted by Crippen LogP contribution is 2.18. The van der Waals surface area contributed by atoms with Crippen molar-refractivity contribution in [2.75, 3.05) is 32.7 Å². The molecule has 0 bridgehead atoms. The van der Waals surface area contributed by atoms with Gasteiger partial charge in [-0.1, -0.05) is 17.7 Å². The van der Waals surface area contributed by atoms with Gasteiger partial charge >= 0.3 is 0 Å². The Morgan fingerprint density at radius 1 is 1.19 bits per heavy atom. The van der Waals surface area contributed by atoms with E-state index in [0.717, 1.165) is 5.56 Å². The van der Waals surface area contributed by atoms with Crippen LogP contribution in [0.25, 0.3) is 0 Å². The molecule has 0 spiro atoms. The molecule has 2 rings (SSSR count). The number of aryl methyl sites for hydroxylation is 1. The van der Waals surface area contributed by atoms with E-state index in [1.807, 2.05) is 26.0 Å². The molecule has 5 nitrogen and oxygen atoms in total. The molecule has 21 heavy (non-hydrogen) atoms. The number of benzene rings is 1. The third kappa shape index (κ3) is 3.82. The van der Waals surface area contributed by atoms with E-state index in [1.165, 1.54) is 4.31 Å². The van der Waals surface area contributed by atoms with Gasteiger partial charge in [0, 0.05) is 32.7 Å². The normalized spacial score (nSPS) is 19.1. The Bertz CT molecular complexity index is 611. The molecule has 1 saturated heterocycles. The summed E-state index contributed by atoms with van der Waals surface area (Å²) in [6, 6.07) is 9.17. The van der Waals surface area contributed by atoms with Crippen LogP contribution in [0, 0.1) is 24.2 Å². The fourth-order valence-corrected chi connectivity index (χ4v) is 3.86. The first-order chi connectivity index (χ1) is 9.93. The Hall–Kier alpha value is -1.42. The largest absolute Gasteiger partial charge is 0.299 e. The molecular formula is C15H21N3O2S. The van der Waals surface area contributed by atoms with Gasteiger partial charge in [-0.2, -0.15) is 9.57 Å². The van der Waals surface area contributed by atoms with Crippen LogP contribution in [0.1, 0.15) is 12.5 Å². The van der Waals surface area contributed by atoms with Crippen LogP contribution in [0.4, 0.5) is 0 Å². The van der Waals surface area contributed by atoms with Gasteiger partial charge in [0.2, 0.25) is 10.0 Å². The Labute approximate surface area is 126 Å². The molecule has 0 unspecified atom stereocenters. The van der Waals surface area contributed by atoms with Gasteiger partial charge in [0.15, 0.2) is 0 Å². The van der Waals surface area contributed by atoms with Gasteiger partial charge in [0.25, 0.3) is 0 Å². The van der Waals surface area contributed by atoms with Gasteiger partial charge in [-0.3, -0.25) is 4.90 Å². The van der Waals surface area contributed by atoms with Crippen molar-refractivity contribution in [3.63, 3.8) is 0 Å². The number of rotatable bonds is 4. The molecule has 1 aromatic carbocycles. The van der Waals surface area contributed by atoms with Crippen molar-refractivity contribution in [3.8, 4) is 6.07 Å². The fraction of sp³-hybridized carbons (Fsp3) is 0.533. The molecule has 1 aromatic rings. The molecule has 1 atom stereocenters. The van der Waals surface area contributed by atoms with Crippen LogP contribution >= 0.6 is 0 Å². The molecule has 1 heterocycles. The van der Waals surface area contributed by atoms with Gasteiger partial charge in [0.05, 0.1) is 16.9 Å². The maximum Gasteiger partial charge on any atom is 0.243 e. The summed E-state index contributed by atoms with van der Waals surface area (Å²) < 4.78 is 26.6. The summed E-state index contributed by atoms with van der Waals surface area (Å²) >= 11 is 0. The van der Waals surface area contributed by atoms with E-state index >= 15 is 0 Å². The number of hydrogen-bond donors (Lipinski definition) is 0. The van der Waals surface area contributed by atoms with E-state index in [1.54, 1.807) is 12.1 Å². The molecule has 1 aliphatic rings. The lowest BCUT2D eigenvalue weighted by Gasteiger charge is -2.34. The fourth-order valence-electron chi connectivity index (χ4n) is 2.44. The lowest BCUT2D eigenvalue weighted by molar-refractivity contribution is 0.178. The van der Waals surface area contributed by atoms with Crippen LogP contribution in [0.15, 0.2) is 29.2 Å². The molecule has 1 aliphatic heterocycles. The summed E-state index contributed by atoms with van der Waals surface area (Å²) in [5.41, 5.74) is 1.05. The van der Waals surface area contributed by atoms with Crippen LogP contribution in [-0.2, 0) is 10.0 Å². The van der Waals surface area contributed by atoms with Gasteiger partial charge in [-0.15, -0.1) is 0 Å². The van der Waals surface area contributed by atoms with E-state index in [9.17, 15) is 8.42 Å². The highest BCUT2D eigenvalue weighted by atomic mass is 32.2. The second kappa shape index (κ2) is 6.56. The smallest absolute Gasteiger partial charge is 0.243 e. The van der Waals surface area contributed by atoms with Crippen molar-refractivity contribution in [2.45, 2.75) is 18.7 Å².